The Morgan fingerprint density at radius 3 is 2.71 bits per heavy atom. The van der Waals surface area contributed by atoms with Crippen molar-refractivity contribution in [1.29, 1.82) is 0 Å². The molecule has 0 aliphatic carbocycles. The predicted molar refractivity (Wildman–Crippen MR) is 64.9 cm³/mol. The van der Waals surface area contributed by atoms with Gasteiger partial charge in [-0.05, 0) is 24.1 Å². The molecule has 1 atom stereocenters. The van der Waals surface area contributed by atoms with Crippen molar-refractivity contribution >= 4 is 0 Å². The zero-order valence-corrected chi connectivity index (χ0v) is 9.81. The molecular formula is C13H16FN3. The summed E-state index contributed by atoms with van der Waals surface area (Å²) < 4.78 is 14.6. The van der Waals surface area contributed by atoms with Gasteiger partial charge in [0, 0.05) is 17.8 Å². The summed E-state index contributed by atoms with van der Waals surface area (Å²) in [5.74, 6) is -0.220. The van der Waals surface area contributed by atoms with Crippen LogP contribution in [0.4, 0.5) is 4.39 Å². The zero-order chi connectivity index (χ0) is 12.3. The number of hydrogen-bond acceptors (Lipinski definition) is 2. The first-order valence-corrected chi connectivity index (χ1v) is 5.71. The van der Waals surface area contributed by atoms with Crippen LogP contribution in [0.2, 0.25) is 0 Å². The topological polar surface area (TPSA) is 43.8 Å². The quantitative estimate of drug-likeness (QED) is 0.881. The molecule has 3 nitrogen and oxygen atoms in total. The van der Waals surface area contributed by atoms with Crippen LogP contribution in [-0.4, -0.2) is 9.78 Å². The Kier molecular flexibility index (Phi) is 3.54. The van der Waals surface area contributed by atoms with Crippen molar-refractivity contribution in [1.82, 2.24) is 9.78 Å². The minimum atomic E-state index is -0.220. The third-order valence-corrected chi connectivity index (χ3v) is 2.78. The molecule has 0 radical (unpaired) electrons. The number of benzene rings is 1. The van der Waals surface area contributed by atoms with E-state index in [0.29, 0.717) is 6.54 Å². The lowest BCUT2D eigenvalue weighted by atomic mass is 10.1. The monoisotopic (exact) mass is 233 g/mol. The number of nitrogens with two attached hydrogens (primary N) is 1. The molecule has 17 heavy (non-hydrogen) atoms. The molecule has 0 aliphatic rings. The van der Waals surface area contributed by atoms with Crippen molar-refractivity contribution in [3.63, 3.8) is 0 Å². The molecule has 0 bridgehead atoms. The first-order valence-electron chi connectivity index (χ1n) is 5.71. The van der Waals surface area contributed by atoms with E-state index in [2.05, 4.69) is 5.10 Å². The summed E-state index contributed by atoms with van der Waals surface area (Å²) in [7, 11) is 0. The number of nitrogens with zero attached hydrogens (tertiary/aromatic N) is 2. The van der Waals surface area contributed by atoms with Gasteiger partial charge < -0.3 is 5.73 Å². The van der Waals surface area contributed by atoms with Crippen LogP contribution in [0, 0.1) is 5.82 Å². The van der Waals surface area contributed by atoms with Gasteiger partial charge in [0.1, 0.15) is 5.82 Å². The standard InChI is InChI=1S/C13H16FN3/c1-2-13(15)11-7-16-17(9-11)8-10-3-5-12(14)6-4-10/h3-7,9,13H,2,8,15H2,1H3. The molecule has 90 valence electrons. The summed E-state index contributed by atoms with van der Waals surface area (Å²) in [6, 6.07) is 6.47. The normalized spacial score (nSPS) is 12.6. The Balaban J connectivity index is 2.08. The molecule has 4 heteroatoms. The largest absolute Gasteiger partial charge is 0.324 e. The van der Waals surface area contributed by atoms with Crippen molar-refractivity contribution in [3.8, 4) is 0 Å². The Morgan fingerprint density at radius 2 is 2.06 bits per heavy atom. The van der Waals surface area contributed by atoms with Gasteiger partial charge >= 0.3 is 0 Å². The highest BCUT2D eigenvalue weighted by atomic mass is 19.1. The first kappa shape index (κ1) is 11.8. The smallest absolute Gasteiger partial charge is 0.123 e. The molecule has 0 saturated heterocycles. The second kappa shape index (κ2) is 5.10. The van der Waals surface area contributed by atoms with Crippen LogP contribution in [0.3, 0.4) is 0 Å². The van der Waals surface area contributed by atoms with Crippen LogP contribution in [0.1, 0.15) is 30.5 Å². The SMILES string of the molecule is CCC(N)c1cnn(Cc2ccc(F)cc2)c1. The minimum absolute atomic E-state index is 0.0389. The van der Waals surface area contributed by atoms with E-state index in [4.69, 9.17) is 5.73 Å². The molecule has 1 heterocycles. The van der Waals surface area contributed by atoms with Gasteiger partial charge in [-0.1, -0.05) is 19.1 Å². The van der Waals surface area contributed by atoms with E-state index in [1.807, 2.05) is 17.8 Å². The average Bonchev–Trinajstić information content (AvgIpc) is 2.80. The molecule has 1 aromatic heterocycles. The maximum Gasteiger partial charge on any atom is 0.123 e. The van der Waals surface area contributed by atoms with Crippen LogP contribution in [-0.2, 0) is 6.54 Å². The molecular weight excluding hydrogens is 217 g/mol. The Bertz CT molecular complexity index is 476. The van der Waals surface area contributed by atoms with Crippen molar-refractivity contribution < 1.29 is 4.39 Å². The summed E-state index contributed by atoms with van der Waals surface area (Å²) in [4.78, 5) is 0. The van der Waals surface area contributed by atoms with Crippen LogP contribution in [0.5, 0.6) is 0 Å². The van der Waals surface area contributed by atoms with Gasteiger partial charge in [-0.25, -0.2) is 4.39 Å². The van der Waals surface area contributed by atoms with E-state index < -0.39 is 0 Å². The Labute approximate surface area is 100 Å². The highest BCUT2D eigenvalue weighted by molar-refractivity contribution is 5.17. The molecule has 0 spiro atoms. The number of halogens is 1. The molecule has 0 aliphatic heterocycles. The summed E-state index contributed by atoms with van der Waals surface area (Å²) in [5, 5.41) is 4.25. The van der Waals surface area contributed by atoms with Gasteiger partial charge in [-0.2, -0.15) is 5.10 Å². The van der Waals surface area contributed by atoms with E-state index in [1.54, 1.807) is 18.3 Å². The van der Waals surface area contributed by atoms with E-state index >= 15 is 0 Å². The van der Waals surface area contributed by atoms with Crippen molar-refractivity contribution in [2.45, 2.75) is 25.9 Å². The van der Waals surface area contributed by atoms with E-state index in [0.717, 1.165) is 17.5 Å². The molecule has 0 amide bonds. The van der Waals surface area contributed by atoms with E-state index in [-0.39, 0.29) is 11.9 Å². The van der Waals surface area contributed by atoms with Crippen LogP contribution >= 0.6 is 0 Å². The van der Waals surface area contributed by atoms with Gasteiger partial charge in [0.2, 0.25) is 0 Å². The second-order valence-corrected chi connectivity index (χ2v) is 4.11. The first-order chi connectivity index (χ1) is 8.19. The van der Waals surface area contributed by atoms with Crippen LogP contribution in [0.15, 0.2) is 36.7 Å². The van der Waals surface area contributed by atoms with Crippen molar-refractivity contribution in [2.24, 2.45) is 5.73 Å². The van der Waals surface area contributed by atoms with Crippen molar-refractivity contribution in [3.05, 3.63) is 53.6 Å². The summed E-state index contributed by atoms with van der Waals surface area (Å²) in [6.45, 7) is 2.68. The zero-order valence-electron chi connectivity index (χ0n) is 9.81. The predicted octanol–water partition coefficient (Wildman–Crippen LogP) is 2.48. The molecule has 2 N–H and O–H groups in total. The number of aromatic nitrogens is 2. The molecule has 0 saturated carbocycles. The fourth-order valence-corrected chi connectivity index (χ4v) is 1.67. The van der Waals surface area contributed by atoms with Gasteiger partial charge in [0.15, 0.2) is 0 Å². The maximum absolute atomic E-state index is 12.7. The minimum Gasteiger partial charge on any atom is -0.324 e. The molecule has 0 fully saturated rings. The number of rotatable bonds is 4. The van der Waals surface area contributed by atoms with E-state index in [1.165, 1.54) is 12.1 Å². The molecule has 1 aromatic carbocycles. The van der Waals surface area contributed by atoms with Gasteiger partial charge in [-0.3, -0.25) is 4.68 Å². The highest BCUT2D eigenvalue weighted by Crippen LogP contribution is 2.13. The van der Waals surface area contributed by atoms with Gasteiger partial charge in [0.05, 0.1) is 12.7 Å². The lowest BCUT2D eigenvalue weighted by Gasteiger charge is -2.04. The third kappa shape index (κ3) is 2.91. The van der Waals surface area contributed by atoms with Gasteiger partial charge in [-0.15, -0.1) is 0 Å². The van der Waals surface area contributed by atoms with E-state index in [9.17, 15) is 4.39 Å². The fraction of sp³-hybridized carbons (Fsp3) is 0.308. The molecule has 2 aromatic rings. The van der Waals surface area contributed by atoms with Crippen molar-refractivity contribution in [2.75, 3.05) is 0 Å². The Hall–Kier alpha value is -1.68. The third-order valence-electron chi connectivity index (χ3n) is 2.78. The molecule has 1 unspecified atom stereocenters. The Morgan fingerprint density at radius 1 is 1.35 bits per heavy atom. The maximum atomic E-state index is 12.7. The summed E-state index contributed by atoms with van der Waals surface area (Å²) in [5.41, 5.74) is 7.97. The lowest BCUT2D eigenvalue weighted by Crippen LogP contribution is -2.07. The van der Waals surface area contributed by atoms with Crippen LogP contribution in [0.25, 0.3) is 0 Å². The van der Waals surface area contributed by atoms with Gasteiger partial charge in [0.25, 0.3) is 0 Å². The second-order valence-electron chi connectivity index (χ2n) is 4.11. The lowest BCUT2D eigenvalue weighted by molar-refractivity contribution is 0.624. The molecule has 2 rings (SSSR count). The fourth-order valence-electron chi connectivity index (χ4n) is 1.67. The summed E-state index contributed by atoms with van der Waals surface area (Å²) in [6.07, 6.45) is 4.62. The average molecular weight is 233 g/mol. The number of hydrogen-bond donors (Lipinski definition) is 1. The highest BCUT2D eigenvalue weighted by Gasteiger charge is 2.06. The summed E-state index contributed by atoms with van der Waals surface area (Å²) >= 11 is 0. The van der Waals surface area contributed by atoms with Crippen LogP contribution < -0.4 is 5.73 Å².